The lowest BCUT2D eigenvalue weighted by Crippen LogP contribution is -2.37. The molecule has 0 unspecified atom stereocenters. The summed E-state index contributed by atoms with van der Waals surface area (Å²) in [6.07, 6.45) is 2.42. The van der Waals surface area contributed by atoms with Gasteiger partial charge in [0.05, 0.1) is 19.3 Å². The molecule has 0 saturated carbocycles. The number of rotatable bonds is 7. The number of nitrogens with one attached hydrogen (secondary N) is 2. The van der Waals surface area contributed by atoms with Gasteiger partial charge in [-0.05, 0) is 12.0 Å². The molecular formula is C15H19N5O2. The summed E-state index contributed by atoms with van der Waals surface area (Å²) in [5, 5.41) is 12.9. The minimum Gasteiger partial charge on any atom is -0.355 e. The van der Waals surface area contributed by atoms with Gasteiger partial charge in [0.15, 0.2) is 5.69 Å². The van der Waals surface area contributed by atoms with E-state index in [1.165, 1.54) is 0 Å². The van der Waals surface area contributed by atoms with Crippen molar-refractivity contribution in [2.75, 3.05) is 13.1 Å². The van der Waals surface area contributed by atoms with E-state index in [4.69, 9.17) is 0 Å². The third-order valence-electron chi connectivity index (χ3n) is 2.94. The average molecular weight is 301 g/mol. The third-order valence-corrected chi connectivity index (χ3v) is 2.94. The molecule has 116 valence electrons. The van der Waals surface area contributed by atoms with Gasteiger partial charge in [-0.25, -0.2) is 4.68 Å². The molecule has 2 N–H and O–H groups in total. The highest BCUT2D eigenvalue weighted by atomic mass is 16.2. The molecular weight excluding hydrogens is 282 g/mol. The standard InChI is InChI=1S/C15H19N5O2/c1-2-8-16-14(21)9-17-15(22)13-11-20(19-18-13)10-12-6-4-3-5-7-12/h3-7,11H,2,8-10H2,1H3,(H,16,21)(H,17,22). The summed E-state index contributed by atoms with van der Waals surface area (Å²) in [7, 11) is 0. The van der Waals surface area contributed by atoms with E-state index in [9.17, 15) is 9.59 Å². The van der Waals surface area contributed by atoms with Crippen molar-refractivity contribution in [3.63, 3.8) is 0 Å². The van der Waals surface area contributed by atoms with Crippen molar-refractivity contribution in [1.29, 1.82) is 0 Å². The SMILES string of the molecule is CCCNC(=O)CNC(=O)c1cn(Cc2ccccc2)nn1. The van der Waals surface area contributed by atoms with E-state index < -0.39 is 5.91 Å². The van der Waals surface area contributed by atoms with Crippen molar-refractivity contribution in [2.45, 2.75) is 19.9 Å². The Kier molecular flexibility index (Phi) is 5.65. The largest absolute Gasteiger partial charge is 0.355 e. The van der Waals surface area contributed by atoms with Crippen molar-refractivity contribution in [3.05, 3.63) is 47.8 Å². The lowest BCUT2D eigenvalue weighted by molar-refractivity contribution is -0.120. The Morgan fingerprint density at radius 3 is 2.68 bits per heavy atom. The van der Waals surface area contributed by atoms with Crippen LogP contribution in [0, 0.1) is 0 Å². The Morgan fingerprint density at radius 1 is 1.18 bits per heavy atom. The molecule has 0 atom stereocenters. The summed E-state index contributed by atoms with van der Waals surface area (Å²) in [4.78, 5) is 23.3. The van der Waals surface area contributed by atoms with Crippen LogP contribution in [0.5, 0.6) is 0 Å². The maximum atomic E-state index is 11.9. The molecule has 7 heteroatoms. The van der Waals surface area contributed by atoms with Crippen LogP contribution in [0.25, 0.3) is 0 Å². The molecule has 1 aromatic carbocycles. The van der Waals surface area contributed by atoms with Gasteiger partial charge in [0.25, 0.3) is 5.91 Å². The normalized spacial score (nSPS) is 10.2. The van der Waals surface area contributed by atoms with E-state index in [2.05, 4.69) is 20.9 Å². The van der Waals surface area contributed by atoms with Gasteiger partial charge in [-0.15, -0.1) is 5.10 Å². The van der Waals surface area contributed by atoms with Gasteiger partial charge in [-0.3, -0.25) is 9.59 Å². The highest BCUT2D eigenvalue weighted by molar-refractivity contribution is 5.94. The zero-order chi connectivity index (χ0) is 15.8. The first-order valence-electron chi connectivity index (χ1n) is 7.18. The molecule has 1 heterocycles. The molecule has 1 aromatic heterocycles. The van der Waals surface area contributed by atoms with Gasteiger partial charge in [0.1, 0.15) is 0 Å². The molecule has 2 rings (SSSR count). The first-order valence-corrected chi connectivity index (χ1v) is 7.18. The Morgan fingerprint density at radius 2 is 1.95 bits per heavy atom. The van der Waals surface area contributed by atoms with E-state index in [0.29, 0.717) is 13.1 Å². The number of amides is 2. The highest BCUT2D eigenvalue weighted by Gasteiger charge is 2.12. The molecule has 22 heavy (non-hydrogen) atoms. The van der Waals surface area contributed by atoms with Crippen LogP contribution in [0.3, 0.4) is 0 Å². The fourth-order valence-corrected chi connectivity index (χ4v) is 1.83. The van der Waals surface area contributed by atoms with E-state index in [-0.39, 0.29) is 18.1 Å². The highest BCUT2D eigenvalue weighted by Crippen LogP contribution is 2.02. The Bertz CT molecular complexity index is 624. The molecule has 0 radical (unpaired) electrons. The van der Waals surface area contributed by atoms with E-state index in [0.717, 1.165) is 12.0 Å². The van der Waals surface area contributed by atoms with E-state index in [1.807, 2.05) is 37.3 Å². The van der Waals surface area contributed by atoms with Crippen LogP contribution < -0.4 is 10.6 Å². The topological polar surface area (TPSA) is 88.9 Å². The van der Waals surface area contributed by atoms with Gasteiger partial charge < -0.3 is 10.6 Å². The van der Waals surface area contributed by atoms with Crippen molar-refractivity contribution in [1.82, 2.24) is 25.6 Å². The number of aromatic nitrogens is 3. The van der Waals surface area contributed by atoms with E-state index in [1.54, 1.807) is 10.9 Å². The van der Waals surface area contributed by atoms with Crippen LogP contribution in [-0.2, 0) is 11.3 Å². The van der Waals surface area contributed by atoms with Crippen molar-refractivity contribution in [3.8, 4) is 0 Å². The molecule has 0 bridgehead atoms. The van der Waals surface area contributed by atoms with Crippen LogP contribution in [0.15, 0.2) is 36.5 Å². The lowest BCUT2D eigenvalue weighted by Gasteiger charge is -2.04. The van der Waals surface area contributed by atoms with Crippen molar-refractivity contribution < 1.29 is 9.59 Å². The van der Waals surface area contributed by atoms with Gasteiger partial charge in [-0.2, -0.15) is 0 Å². The second kappa shape index (κ2) is 7.92. The summed E-state index contributed by atoms with van der Waals surface area (Å²) in [6, 6.07) is 9.76. The minimum atomic E-state index is -0.411. The van der Waals surface area contributed by atoms with Gasteiger partial charge in [0, 0.05) is 6.54 Å². The maximum absolute atomic E-state index is 11.9. The number of benzene rings is 1. The summed E-state index contributed by atoms with van der Waals surface area (Å²) in [6.45, 7) is 3.04. The van der Waals surface area contributed by atoms with Gasteiger partial charge >= 0.3 is 0 Å². The second-order valence-electron chi connectivity index (χ2n) is 4.82. The van der Waals surface area contributed by atoms with Crippen LogP contribution in [0.4, 0.5) is 0 Å². The predicted molar refractivity (Wildman–Crippen MR) is 81.2 cm³/mol. The van der Waals surface area contributed by atoms with Gasteiger partial charge in [0.2, 0.25) is 5.91 Å². The molecule has 7 nitrogen and oxygen atoms in total. The second-order valence-corrected chi connectivity index (χ2v) is 4.82. The monoisotopic (exact) mass is 301 g/mol. The first kappa shape index (κ1) is 15.7. The van der Waals surface area contributed by atoms with Crippen molar-refractivity contribution >= 4 is 11.8 Å². The molecule has 0 aliphatic rings. The van der Waals surface area contributed by atoms with Gasteiger partial charge in [-0.1, -0.05) is 42.5 Å². The molecule has 2 amide bonds. The number of nitrogens with zero attached hydrogens (tertiary/aromatic N) is 3. The molecule has 0 saturated heterocycles. The average Bonchev–Trinajstić information content (AvgIpc) is 3.00. The van der Waals surface area contributed by atoms with Crippen LogP contribution in [-0.4, -0.2) is 39.9 Å². The summed E-state index contributed by atoms with van der Waals surface area (Å²) >= 11 is 0. The maximum Gasteiger partial charge on any atom is 0.273 e. The number of hydrogen-bond acceptors (Lipinski definition) is 4. The minimum absolute atomic E-state index is 0.0651. The quantitative estimate of drug-likeness (QED) is 0.783. The Hall–Kier alpha value is -2.70. The first-order chi connectivity index (χ1) is 10.7. The lowest BCUT2D eigenvalue weighted by atomic mass is 10.2. The molecule has 0 spiro atoms. The fraction of sp³-hybridized carbons (Fsp3) is 0.333. The zero-order valence-electron chi connectivity index (χ0n) is 12.5. The summed E-state index contributed by atoms with van der Waals surface area (Å²) in [5.41, 5.74) is 1.26. The molecule has 0 fully saturated rings. The van der Waals surface area contributed by atoms with Crippen molar-refractivity contribution in [2.24, 2.45) is 0 Å². The molecule has 2 aromatic rings. The third kappa shape index (κ3) is 4.69. The predicted octanol–water partition coefficient (Wildman–Crippen LogP) is 0.582. The zero-order valence-corrected chi connectivity index (χ0v) is 12.5. The summed E-state index contributed by atoms with van der Waals surface area (Å²) in [5.74, 6) is -0.627. The smallest absolute Gasteiger partial charge is 0.273 e. The molecule has 0 aliphatic heterocycles. The Balaban J connectivity index is 1.85. The number of carbonyl (C=O) groups is 2. The summed E-state index contributed by atoms with van der Waals surface area (Å²) < 4.78 is 1.58. The number of carbonyl (C=O) groups excluding carboxylic acids is 2. The molecule has 0 aliphatic carbocycles. The van der Waals surface area contributed by atoms with Crippen LogP contribution >= 0.6 is 0 Å². The Labute approximate surface area is 128 Å². The van der Waals surface area contributed by atoms with E-state index >= 15 is 0 Å². The fourth-order valence-electron chi connectivity index (χ4n) is 1.83. The number of hydrogen-bond donors (Lipinski definition) is 2. The van der Waals surface area contributed by atoms with Crippen LogP contribution in [0.1, 0.15) is 29.4 Å². The van der Waals surface area contributed by atoms with Crippen LogP contribution in [0.2, 0.25) is 0 Å².